The van der Waals surface area contributed by atoms with Gasteiger partial charge in [-0.2, -0.15) is 0 Å². The molecule has 1 saturated heterocycles. The van der Waals surface area contributed by atoms with Gasteiger partial charge in [-0.1, -0.05) is 85.2 Å². The van der Waals surface area contributed by atoms with Gasteiger partial charge in [0.2, 0.25) is 29.5 Å². The third-order valence-electron chi connectivity index (χ3n) is 11.4. The van der Waals surface area contributed by atoms with Crippen LogP contribution in [0.3, 0.4) is 0 Å². The quantitative estimate of drug-likeness (QED) is 0.130. The Morgan fingerprint density at radius 3 is 2.02 bits per heavy atom. The van der Waals surface area contributed by atoms with Crippen molar-refractivity contribution < 1.29 is 38.6 Å². The first-order valence-electron chi connectivity index (χ1n) is 20.7. The van der Waals surface area contributed by atoms with E-state index in [0.29, 0.717) is 19.4 Å². The molecule has 1 aromatic rings. The number of hydrogen-bond acceptors (Lipinski definition) is 9. The molecule has 324 valence electrons. The fourth-order valence-electron chi connectivity index (χ4n) is 8.15. The number of methoxy groups -OCH3 is 2. The number of benzene rings is 1. The van der Waals surface area contributed by atoms with Gasteiger partial charge in [0.05, 0.1) is 48.8 Å². The second kappa shape index (κ2) is 23.7. The number of carbonyl (C=O) groups is 5. The summed E-state index contributed by atoms with van der Waals surface area (Å²) in [7, 11) is 8.49. The van der Waals surface area contributed by atoms with Crippen molar-refractivity contribution in [3.63, 3.8) is 0 Å². The van der Waals surface area contributed by atoms with Crippen LogP contribution in [0.1, 0.15) is 86.6 Å². The average molecular weight is 803 g/mol. The number of nitrogens with zero attached hydrogens (tertiary/aromatic N) is 3. The number of amides is 5. The number of nitrogens with one attached hydrogen (secondary N) is 3. The van der Waals surface area contributed by atoms with Gasteiger partial charge in [0.1, 0.15) is 12.1 Å². The van der Waals surface area contributed by atoms with Crippen molar-refractivity contribution in [1.29, 1.82) is 0 Å². The number of likely N-dealkylation sites (N-methyl/N-ethyl adjacent to an activating group) is 2. The summed E-state index contributed by atoms with van der Waals surface area (Å²) < 4.78 is 12.0. The Balaban J connectivity index is 2.30. The summed E-state index contributed by atoms with van der Waals surface area (Å²) in [5.41, 5.74) is 0.864. The molecule has 10 atom stereocenters. The fraction of sp³-hybridized carbons (Fsp3) is 0.744. The minimum atomic E-state index is -0.896. The molecule has 0 spiro atoms. The molecular weight excluding hydrogens is 729 g/mol. The zero-order chi connectivity index (χ0) is 43.1. The van der Waals surface area contributed by atoms with Crippen LogP contribution < -0.4 is 16.0 Å². The molecule has 0 aliphatic carbocycles. The van der Waals surface area contributed by atoms with E-state index in [1.54, 1.807) is 37.8 Å². The number of aliphatic hydroxyl groups excluding tert-OH is 1. The number of likely N-dealkylation sites (tertiary alicyclic amines) is 1. The van der Waals surface area contributed by atoms with E-state index in [1.165, 1.54) is 7.11 Å². The van der Waals surface area contributed by atoms with E-state index < -0.39 is 66.3 Å². The van der Waals surface area contributed by atoms with E-state index >= 15 is 0 Å². The molecule has 1 aliphatic heterocycles. The van der Waals surface area contributed by atoms with Crippen LogP contribution in [0.25, 0.3) is 0 Å². The SMILES string of the molecule is CC[C@H](C)C(C(CC(=O)N1CCC[C@H]1[C@H](OC)C(C)C(=O)N[C@@H](Cc1ccccc1)C(=O)NC[C@H](C)O)OC)N(C)C(=O)[C@@H](NC(=O)[C@H](C(C)C)N(C)C)C(C)C. The van der Waals surface area contributed by atoms with Crippen LogP contribution in [0.15, 0.2) is 30.3 Å². The molecule has 0 saturated carbocycles. The molecule has 14 nitrogen and oxygen atoms in total. The second-order valence-corrected chi connectivity index (χ2v) is 16.8. The smallest absolute Gasteiger partial charge is 0.245 e. The highest BCUT2D eigenvalue weighted by Crippen LogP contribution is 2.30. The fourth-order valence-corrected chi connectivity index (χ4v) is 8.15. The molecule has 1 aliphatic rings. The van der Waals surface area contributed by atoms with E-state index in [0.717, 1.165) is 12.0 Å². The average Bonchev–Trinajstić information content (AvgIpc) is 3.64. The molecule has 57 heavy (non-hydrogen) atoms. The maximum atomic E-state index is 14.3. The highest BCUT2D eigenvalue weighted by atomic mass is 16.5. The van der Waals surface area contributed by atoms with Gasteiger partial charge in [-0.25, -0.2) is 0 Å². The lowest BCUT2D eigenvalue weighted by molar-refractivity contribution is -0.148. The number of rotatable bonds is 23. The van der Waals surface area contributed by atoms with Gasteiger partial charge in [-0.05, 0) is 57.2 Å². The Hall–Kier alpha value is -3.59. The standard InChI is InChI=1S/C43H74N6O8/c1-14-28(6)38(48(11)43(55)36(26(2)3)46-42(54)37(27(4)5)47(9)10)34(56-12)24-35(51)49-22-18-21-33(49)39(57-13)30(8)40(52)45-32(41(53)44-25-29(7)50)23-31-19-16-15-17-20-31/h15-17,19-20,26-30,32-34,36-39,50H,14,18,21-25H2,1-13H3,(H,44,53)(H,45,52)(H,46,54)/t28-,29-,30?,32-,33-,34?,36-,37-,38?,39+/m0/s1. The summed E-state index contributed by atoms with van der Waals surface area (Å²) in [6, 6.07) is 6.39. The van der Waals surface area contributed by atoms with E-state index in [-0.39, 0.29) is 54.9 Å². The predicted octanol–water partition coefficient (Wildman–Crippen LogP) is 2.86. The van der Waals surface area contributed by atoms with Crippen LogP contribution in [0.4, 0.5) is 0 Å². The highest BCUT2D eigenvalue weighted by Gasteiger charge is 2.43. The van der Waals surface area contributed by atoms with Crippen LogP contribution in [-0.2, 0) is 39.9 Å². The van der Waals surface area contributed by atoms with E-state index in [4.69, 9.17) is 9.47 Å². The highest BCUT2D eigenvalue weighted by molar-refractivity contribution is 5.90. The molecular formula is C43H74N6O8. The van der Waals surface area contributed by atoms with Crippen molar-refractivity contribution in [1.82, 2.24) is 30.7 Å². The largest absolute Gasteiger partial charge is 0.392 e. The van der Waals surface area contributed by atoms with E-state index in [9.17, 15) is 29.1 Å². The van der Waals surface area contributed by atoms with Gasteiger partial charge >= 0.3 is 0 Å². The lowest BCUT2D eigenvalue weighted by Crippen LogP contribution is -2.59. The maximum Gasteiger partial charge on any atom is 0.245 e. The van der Waals surface area contributed by atoms with Crippen LogP contribution in [-0.4, -0.2) is 146 Å². The lowest BCUT2D eigenvalue weighted by Gasteiger charge is -2.41. The lowest BCUT2D eigenvalue weighted by atomic mass is 9.89. The number of carbonyl (C=O) groups excluding carboxylic acids is 5. The summed E-state index contributed by atoms with van der Waals surface area (Å²) >= 11 is 0. The number of ether oxygens (including phenoxy) is 2. The van der Waals surface area contributed by atoms with E-state index in [1.807, 2.05) is 90.9 Å². The van der Waals surface area contributed by atoms with Crippen molar-refractivity contribution in [3.8, 4) is 0 Å². The molecule has 0 radical (unpaired) electrons. The zero-order valence-corrected chi connectivity index (χ0v) is 36.9. The molecule has 3 unspecified atom stereocenters. The van der Waals surface area contributed by atoms with Gasteiger partial charge < -0.3 is 40.3 Å². The summed E-state index contributed by atoms with van der Waals surface area (Å²) in [5, 5.41) is 18.4. The summed E-state index contributed by atoms with van der Waals surface area (Å²) in [6.45, 7) is 15.6. The third kappa shape index (κ3) is 14.0. The Labute approximate surface area is 342 Å². The van der Waals surface area contributed by atoms with Gasteiger partial charge in [0.25, 0.3) is 0 Å². The van der Waals surface area contributed by atoms with Crippen molar-refractivity contribution in [3.05, 3.63) is 35.9 Å². The number of hydrogen-bond donors (Lipinski definition) is 4. The predicted molar refractivity (Wildman–Crippen MR) is 222 cm³/mol. The normalized spacial score (nSPS) is 19.2. The maximum absolute atomic E-state index is 14.3. The molecule has 4 N–H and O–H groups in total. The van der Waals surface area contributed by atoms with Crippen molar-refractivity contribution in [2.75, 3.05) is 48.5 Å². The minimum Gasteiger partial charge on any atom is -0.392 e. The molecule has 14 heteroatoms. The molecule has 0 bridgehead atoms. The van der Waals surface area contributed by atoms with Crippen molar-refractivity contribution >= 4 is 29.5 Å². The Morgan fingerprint density at radius 2 is 1.51 bits per heavy atom. The first kappa shape index (κ1) is 49.6. The molecule has 5 amide bonds. The Morgan fingerprint density at radius 1 is 0.877 bits per heavy atom. The van der Waals surface area contributed by atoms with Gasteiger partial charge in [-0.3, -0.25) is 28.9 Å². The first-order chi connectivity index (χ1) is 26.8. The monoisotopic (exact) mass is 803 g/mol. The molecule has 2 rings (SSSR count). The molecule has 1 aromatic carbocycles. The van der Waals surface area contributed by atoms with Crippen molar-refractivity contribution in [2.45, 2.75) is 136 Å². The van der Waals surface area contributed by atoms with Crippen LogP contribution in [0, 0.1) is 23.7 Å². The van der Waals surface area contributed by atoms with Gasteiger partial charge in [0, 0.05) is 40.8 Å². The summed E-state index contributed by atoms with van der Waals surface area (Å²) in [5.74, 6) is -2.36. The van der Waals surface area contributed by atoms with Gasteiger partial charge in [-0.15, -0.1) is 0 Å². The third-order valence-corrected chi connectivity index (χ3v) is 11.4. The number of aliphatic hydroxyl groups is 1. The van der Waals surface area contributed by atoms with Crippen LogP contribution in [0.5, 0.6) is 0 Å². The summed E-state index contributed by atoms with van der Waals surface area (Å²) in [4.78, 5) is 74.3. The Kier molecular flexibility index (Phi) is 20.6. The Bertz CT molecular complexity index is 1420. The van der Waals surface area contributed by atoms with Crippen LogP contribution in [0.2, 0.25) is 0 Å². The summed E-state index contributed by atoms with van der Waals surface area (Å²) in [6.07, 6.45) is 0.227. The van der Waals surface area contributed by atoms with E-state index in [2.05, 4.69) is 16.0 Å². The first-order valence-corrected chi connectivity index (χ1v) is 20.7. The molecule has 0 aromatic heterocycles. The topological polar surface area (TPSA) is 170 Å². The molecule has 1 fully saturated rings. The van der Waals surface area contributed by atoms with Crippen LogP contribution >= 0.6 is 0 Å². The van der Waals surface area contributed by atoms with Gasteiger partial charge in [0.15, 0.2) is 0 Å². The minimum absolute atomic E-state index is 0.00596. The van der Waals surface area contributed by atoms with Crippen molar-refractivity contribution in [2.24, 2.45) is 23.7 Å². The molecule has 1 heterocycles. The zero-order valence-electron chi connectivity index (χ0n) is 36.9. The second-order valence-electron chi connectivity index (χ2n) is 16.8.